The standard InChI is InChI=1S/C21H17F4N5O2S/c1-28-17(31)14-5-4-13(9-16(14)22)30(20(6-7-20)18(27)32)19(33)29-12-3-2-11(10-26)15(8-12)21(23,24)25/h2-5,8-9H,6-7H2,1H3,(H2,27,32)(H,28,31)(H,29,33). The van der Waals surface area contributed by atoms with E-state index in [0.717, 1.165) is 12.1 Å². The van der Waals surface area contributed by atoms with Gasteiger partial charge in [-0.1, -0.05) is 0 Å². The fourth-order valence-electron chi connectivity index (χ4n) is 3.35. The van der Waals surface area contributed by atoms with Crippen LogP contribution in [0.1, 0.15) is 34.3 Å². The molecule has 1 aliphatic carbocycles. The maximum absolute atomic E-state index is 14.6. The molecule has 0 unspecified atom stereocenters. The number of carbonyl (C=O) groups is 2. The van der Waals surface area contributed by atoms with Crippen molar-refractivity contribution in [1.82, 2.24) is 5.32 Å². The first kappa shape index (κ1) is 23.9. The molecule has 0 saturated heterocycles. The lowest BCUT2D eigenvalue weighted by atomic mass is 10.1. The molecule has 0 radical (unpaired) electrons. The van der Waals surface area contributed by atoms with Gasteiger partial charge in [-0.15, -0.1) is 0 Å². The Hall–Kier alpha value is -3.72. The number of nitrogens with zero attached hydrogens (tertiary/aromatic N) is 2. The van der Waals surface area contributed by atoms with E-state index >= 15 is 0 Å². The van der Waals surface area contributed by atoms with Gasteiger partial charge >= 0.3 is 6.18 Å². The van der Waals surface area contributed by atoms with Crippen LogP contribution in [0.3, 0.4) is 0 Å². The second kappa shape index (κ2) is 8.67. The maximum Gasteiger partial charge on any atom is 0.417 e. The lowest BCUT2D eigenvalue weighted by Crippen LogP contribution is -2.52. The first-order chi connectivity index (χ1) is 15.4. The van der Waals surface area contributed by atoms with Crippen LogP contribution in [0.15, 0.2) is 36.4 Å². The Labute approximate surface area is 191 Å². The van der Waals surface area contributed by atoms with Crippen LogP contribution in [0.2, 0.25) is 0 Å². The first-order valence-electron chi connectivity index (χ1n) is 9.48. The van der Waals surface area contributed by atoms with Gasteiger partial charge in [0.25, 0.3) is 5.91 Å². The molecule has 33 heavy (non-hydrogen) atoms. The number of hydrogen-bond acceptors (Lipinski definition) is 4. The summed E-state index contributed by atoms with van der Waals surface area (Å²) in [6.45, 7) is 0. The molecule has 1 fully saturated rings. The van der Waals surface area contributed by atoms with Crippen LogP contribution in [0.4, 0.5) is 28.9 Å². The van der Waals surface area contributed by atoms with Gasteiger partial charge in [-0.2, -0.15) is 18.4 Å². The van der Waals surface area contributed by atoms with Gasteiger partial charge in [-0.3, -0.25) is 9.59 Å². The summed E-state index contributed by atoms with van der Waals surface area (Å²) in [5, 5.41) is 13.6. The minimum absolute atomic E-state index is 0.0821. The molecule has 0 spiro atoms. The van der Waals surface area contributed by atoms with E-state index < -0.39 is 40.5 Å². The molecule has 2 amide bonds. The van der Waals surface area contributed by atoms with Crippen LogP contribution >= 0.6 is 12.2 Å². The number of amides is 2. The number of nitrogens with two attached hydrogens (primary N) is 1. The number of carbonyl (C=O) groups excluding carboxylic acids is 2. The lowest BCUT2D eigenvalue weighted by molar-refractivity contribution is -0.137. The quantitative estimate of drug-likeness (QED) is 0.448. The Bertz CT molecular complexity index is 1190. The van der Waals surface area contributed by atoms with Crippen molar-refractivity contribution >= 4 is 40.5 Å². The second-order valence-corrected chi connectivity index (χ2v) is 7.66. The Morgan fingerprint density at radius 3 is 2.36 bits per heavy atom. The number of benzene rings is 2. The minimum atomic E-state index is -4.78. The molecule has 0 atom stereocenters. The number of alkyl halides is 3. The number of thiocarbonyl (C=S) groups is 1. The van der Waals surface area contributed by atoms with E-state index in [4.69, 9.17) is 23.2 Å². The third kappa shape index (κ3) is 4.58. The highest BCUT2D eigenvalue weighted by Gasteiger charge is 2.55. The summed E-state index contributed by atoms with van der Waals surface area (Å²) in [4.78, 5) is 25.2. The second-order valence-electron chi connectivity index (χ2n) is 7.27. The predicted molar refractivity (Wildman–Crippen MR) is 116 cm³/mol. The van der Waals surface area contributed by atoms with Gasteiger partial charge in [-0.05, 0) is 61.5 Å². The summed E-state index contributed by atoms with van der Waals surface area (Å²) in [6, 6.07) is 7.93. The molecular formula is C21H17F4N5O2S. The van der Waals surface area contributed by atoms with E-state index in [9.17, 15) is 27.2 Å². The summed E-state index contributed by atoms with van der Waals surface area (Å²) in [5.41, 5.74) is 2.25. The molecule has 3 rings (SSSR count). The number of hydrogen-bond donors (Lipinski definition) is 3. The smallest absolute Gasteiger partial charge is 0.368 e. The zero-order valence-corrected chi connectivity index (χ0v) is 17.9. The van der Waals surface area contributed by atoms with Crippen molar-refractivity contribution < 1.29 is 27.2 Å². The van der Waals surface area contributed by atoms with Crippen molar-refractivity contribution in [2.24, 2.45) is 5.73 Å². The summed E-state index contributed by atoms with van der Waals surface area (Å²) >= 11 is 5.35. The van der Waals surface area contributed by atoms with Crippen molar-refractivity contribution in [3.05, 3.63) is 58.9 Å². The van der Waals surface area contributed by atoms with Crippen LogP contribution in [-0.2, 0) is 11.0 Å². The molecule has 2 aromatic carbocycles. The van der Waals surface area contributed by atoms with Crippen molar-refractivity contribution in [2.45, 2.75) is 24.6 Å². The maximum atomic E-state index is 14.6. The topological polar surface area (TPSA) is 111 Å². The van der Waals surface area contributed by atoms with E-state index in [-0.39, 0.29) is 34.9 Å². The van der Waals surface area contributed by atoms with E-state index in [1.807, 2.05) is 0 Å². The monoisotopic (exact) mass is 479 g/mol. The number of nitrogens with one attached hydrogen (secondary N) is 2. The first-order valence-corrected chi connectivity index (χ1v) is 9.89. The molecule has 0 heterocycles. The van der Waals surface area contributed by atoms with Gasteiger partial charge in [-0.25, -0.2) is 4.39 Å². The van der Waals surface area contributed by atoms with E-state index in [1.54, 1.807) is 0 Å². The summed E-state index contributed by atoms with van der Waals surface area (Å²) in [6.07, 6.45) is -4.22. The highest BCUT2D eigenvalue weighted by Crippen LogP contribution is 2.45. The van der Waals surface area contributed by atoms with Crippen LogP contribution in [0.25, 0.3) is 0 Å². The lowest BCUT2D eigenvalue weighted by Gasteiger charge is -2.32. The van der Waals surface area contributed by atoms with Crippen molar-refractivity contribution in [3.63, 3.8) is 0 Å². The number of halogens is 4. The molecule has 172 valence electrons. The van der Waals surface area contributed by atoms with Crippen LogP contribution < -0.4 is 21.3 Å². The molecule has 1 aliphatic rings. The van der Waals surface area contributed by atoms with Gasteiger partial charge in [0.15, 0.2) is 5.11 Å². The highest BCUT2D eigenvalue weighted by molar-refractivity contribution is 7.80. The SMILES string of the molecule is CNC(=O)c1ccc(N(C(=S)Nc2ccc(C#N)c(C(F)(F)F)c2)C2(C(N)=O)CC2)cc1F. The fourth-order valence-corrected chi connectivity index (χ4v) is 3.75. The van der Waals surface area contributed by atoms with Gasteiger partial charge in [0.2, 0.25) is 5.91 Å². The molecule has 2 aromatic rings. The van der Waals surface area contributed by atoms with Crippen molar-refractivity contribution in [1.29, 1.82) is 5.26 Å². The zero-order chi connectivity index (χ0) is 24.6. The Morgan fingerprint density at radius 1 is 1.21 bits per heavy atom. The van der Waals surface area contributed by atoms with Crippen LogP contribution in [-0.4, -0.2) is 29.5 Å². The Balaban J connectivity index is 2.01. The number of rotatable bonds is 5. The average Bonchev–Trinajstić information content (AvgIpc) is 3.54. The zero-order valence-electron chi connectivity index (χ0n) is 17.1. The van der Waals surface area contributed by atoms with E-state index in [0.29, 0.717) is 6.07 Å². The summed E-state index contributed by atoms with van der Waals surface area (Å²) in [7, 11) is 1.33. The molecule has 0 aromatic heterocycles. The van der Waals surface area contributed by atoms with Crippen molar-refractivity contribution in [2.75, 3.05) is 17.3 Å². The van der Waals surface area contributed by atoms with Crippen molar-refractivity contribution in [3.8, 4) is 6.07 Å². The fraction of sp³-hybridized carbons (Fsp3) is 0.238. The van der Waals surface area contributed by atoms with Gasteiger partial charge in [0.1, 0.15) is 11.4 Å². The Kier molecular flexibility index (Phi) is 6.29. The van der Waals surface area contributed by atoms with Crippen LogP contribution in [0, 0.1) is 17.1 Å². The van der Waals surface area contributed by atoms with Crippen LogP contribution in [0.5, 0.6) is 0 Å². The summed E-state index contributed by atoms with van der Waals surface area (Å²) < 4.78 is 54.5. The third-order valence-electron chi connectivity index (χ3n) is 5.19. The van der Waals surface area contributed by atoms with Gasteiger partial charge in [0, 0.05) is 18.4 Å². The van der Waals surface area contributed by atoms with E-state index in [1.165, 1.54) is 36.2 Å². The number of anilines is 2. The molecule has 0 aliphatic heterocycles. The van der Waals surface area contributed by atoms with E-state index in [2.05, 4.69) is 10.6 Å². The molecule has 12 heteroatoms. The largest absolute Gasteiger partial charge is 0.417 e. The van der Waals surface area contributed by atoms with Gasteiger partial charge in [0.05, 0.1) is 22.8 Å². The Morgan fingerprint density at radius 2 is 1.88 bits per heavy atom. The highest BCUT2D eigenvalue weighted by atomic mass is 32.1. The average molecular weight is 479 g/mol. The summed E-state index contributed by atoms with van der Waals surface area (Å²) in [5.74, 6) is -2.31. The molecular weight excluding hydrogens is 462 g/mol. The minimum Gasteiger partial charge on any atom is -0.368 e. The third-order valence-corrected chi connectivity index (χ3v) is 5.48. The molecule has 1 saturated carbocycles. The molecule has 4 N–H and O–H groups in total. The normalized spacial score (nSPS) is 14.1. The number of primary amides is 1. The van der Waals surface area contributed by atoms with Gasteiger partial charge < -0.3 is 21.3 Å². The predicted octanol–water partition coefficient (Wildman–Crippen LogP) is 3.30. The molecule has 0 bridgehead atoms. The number of nitriles is 1. The molecule has 7 nitrogen and oxygen atoms in total.